The summed E-state index contributed by atoms with van der Waals surface area (Å²) in [6.45, 7) is 4.28. The number of piperidine rings is 1. The van der Waals surface area contributed by atoms with Crippen molar-refractivity contribution in [3.63, 3.8) is 0 Å². The SMILES string of the molecule is CC1CCCC(C)N1Nc1nccc(C(=O)O)c1N. The molecule has 0 aromatic carbocycles. The van der Waals surface area contributed by atoms with Gasteiger partial charge in [0, 0.05) is 18.3 Å². The zero-order valence-corrected chi connectivity index (χ0v) is 11.3. The zero-order valence-electron chi connectivity index (χ0n) is 11.3. The molecular weight excluding hydrogens is 244 g/mol. The van der Waals surface area contributed by atoms with E-state index >= 15 is 0 Å². The molecule has 0 bridgehead atoms. The van der Waals surface area contributed by atoms with Crippen LogP contribution in [0.5, 0.6) is 0 Å². The monoisotopic (exact) mass is 264 g/mol. The molecule has 19 heavy (non-hydrogen) atoms. The second-order valence-corrected chi connectivity index (χ2v) is 5.07. The number of aromatic nitrogens is 1. The Bertz CT molecular complexity index is 468. The number of carboxylic acid groups (broad SMARTS) is 1. The molecule has 6 heteroatoms. The molecule has 1 saturated heterocycles. The second kappa shape index (κ2) is 5.44. The number of rotatable bonds is 3. The zero-order chi connectivity index (χ0) is 14.0. The highest BCUT2D eigenvalue weighted by molar-refractivity contribution is 5.96. The highest BCUT2D eigenvalue weighted by Gasteiger charge is 2.26. The number of carbonyl (C=O) groups is 1. The molecule has 2 atom stereocenters. The fourth-order valence-corrected chi connectivity index (χ4v) is 2.51. The van der Waals surface area contributed by atoms with Crippen molar-refractivity contribution >= 4 is 17.5 Å². The van der Waals surface area contributed by atoms with Crippen molar-refractivity contribution in [3.05, 3.63) is 17.8 Å². The van der Waals surface area contributed by atoms with Gasteiger partial charge in [0.05, 0.1) is 11.3 Å². The Morgan fingerprint density at radius 2 is 2.11 bits per heavy atom. The van der Waals surface area contributed by atoms with Crippen LogP contribution in [0.1, 0.15) is 43.5 Å². The van der Waals surface area contributed by atoms with E-state index in [1.165, 1.54) is 18.7 Å². The van der Waals surface area contributed by atoms with Crippen LogP contribution in [0.2, 0.25) is 0 Å². The van der Waals surface area contributed by atoms with E-state index in [0.29, 0.717) is 17.9 Å². The Hall–Kier alpha value is -1.82. The summed E-state index contributed by atoms with van der Waals surface area (Å²) in [4.78, 5) is 15.2. The molecule has 0 amide bonds. The molecule has 0 saturated carbocycles. The van der Waals surface area contributed by atoms with Gasteiger partial charge in [-0.25, -0.2) is 14.8 Å². The first kappa shape index (κ1) is 13.6. The topological polar surface area (TPSA) is 91.5 Å². The molecule has 1 aromatic rings. The highest BCUT2D eigenvalue weighted by Crippen LogP contribution is 2.26. The van der Waals surface area contributed by atoms with Crippen LogP contribution in [0.15, 0.2) is 12.3 Å². The normalized spacial score (nSPS) is 24.1. The van der Waals surface area contributed by atoms with Crippen molar-refractivity contribution in [2.45, 2.75) is 45.2 Å². The molecule has 0 radical (unpaired) electrons. The number of hydrogen-bond acceptors (Lipinski definition) is 5. The van der Waals surface area contributed by atoms with E-state index in [0.717, 1.165) is 12.8 Å². The summed E-state index contributed by atoms with van der Waals surface area (Å²) < 4.78 is 0. The van der Waals surface area contributed by atoms with E-state index in [9.17, 15) is 4.79 Å². The minimum atomic E-state index is -1.04. The van der Waals surface area contributed by atoms with Crippen LogP contribution in [0.3, 0.4) is 0 Å². The molecule has 1 aromatic heterocycles. The molecule has 0 aliphatic carbocycles. The smallest absolute Gasteiger partial charge is 0.337 e. The number of nitrogens with two attached hydrogens (primary N) is 1. The number of anilines is 2. The van der Waals surface area contributed by atoms with Crippen molar-refractivity contribution in [2.24, 2.45) is 0 Å². The van der Waals surface area contributed by atoms with E-state index in [-0.39, 0.29) is 11.3 Å². The number of nitrogen functional groups attached to an aromatic ring is 1. The molecular formula is C13H20N4O2. The Kier molecular flexibility index (Phi) is 3.90. The Morgan fingerprint density at radius 3 is 2.68 bits per heavy atom. The second-order valence-electron chi connectivity index (χ2n) is 5.07. The van der Waals surface area contributed by atoms with E-state index in [1.54, 1.807) is 0 Å². The van der Waals surface area contributed by atoms with Crippen LogP contribution in [0.25, 0.3) is 0 Å². The van der Waals surface area contributed by atoms with Crippen molar-refractivity contribution in [1.82, 2.24) is 9.99 Å². The van der Waals surface area contributed by atoms with Crippen molar-refractivity contribution in [3.8, 4) is 0 Å². The summed E-state index contributed by atoms with van der Waals surface area (Å²) in [7, 11) is 0. The van der Waals surface area contributed by atoms with Gasteiger partial charge in [-0.05, 0) is 32.8 Å². The summed E-state index contributed by atoms with van der Waals surface area (Å²) in [6.07, 6.45) is 4.88. The lowest BCUT2D eigenvalue weighted by molar-refractivity contribution is 0.0698. The van der Waals surface area contributed by atoms with Crippen LogP contribution in [0.4, 0.5) is 11.5 Å². The predicted molar refractivity (Wildman–Crippen MR) is 73.8 cm³/mol. The fraction of sp³-hybridized carbons (Fsp3) is 0.538. The molecule has 4 N–H and O–H groups in total. The minimum Gasteiger partial charge on any atom is -0.478 e. The molecule has 104 valence electrons. The number of pyridine rings is 1. The van der Waals surface area contributed by atoms with Crippen molar-refractivity contribution in [2.75, 3.05) is 11.2 Å². The molecule has 0 spiro atoms. The third kappa shape index (κ3) is 2.78. The number of aromatic carboxylic acids is 1. The predicted octanol–water partition coefficient (Wildman–Crippen LogP) is 1.95. The Balaban J connectivity index is 2.23. The van der Waals surface area contributed by atoms with E-state index in [4.69, 9.17) is 10.8 Å². The highest BCUT2D eigenvalue weighted by atomic mass is 16.4. The van der Waals surface area contributed by atoms with Gasteiger partial charge in [-0.2, -0.15) is 0 Å². The van der Waals surface area contributed by atoms with Gasteiger partial charge in [0.2, 0.25) is 0 Å². The average molecular weight is 264 g/mol. The van der Waals surface area contributed by atoms with Crippen LogP contribution in [-0.2, 0) is 0 Å². The number of hydrogen-bond donors (Lipinski definition) is 3. The fourth-order valence-electron chi connectivity index (χ4n) is 2.51. The van der Waals surface area contributed by atoms with Gasteiger partial charge in [0.15, 0.2) is 5.82 Å². The van der Waals surface area contributed by atoms with Gasteiger partial charge in [-0.1, -0.05) is 6.42 Å². The van der Waals surface area contributed by atoms with Gasteiger partial charge in [0.25, 0.3) is 0 Å². The Morgan fingerprint density at radius 1 is 1.47 bits per heavy atom. The maximum atomic E-state index is 11.0. The van der Waals surface area contributed by atoms with E-state index < -0.39 is 5.97 Å². The maximum Gasteiger partial charge on any atom is 0.337 e. The third-order valence-electron chi connectivity index (χ3n) is 3.65. The average Bonchev–Trinajstić information content (AvgIpc) is 2.35. The van der Waals surface area contributed by atoms with Crippen LogP contribution < -0.4 is 11.2 Å². The molecule has 6 nitrogen and oxygen atoms in total. The maximum absolute atomic E-state index is 11.0. The first-order valence-corrected chi connectivity index (χ1v) is 6.53. The summed E-state index contributed by atoms with van der Waals surface area (Å²) in [5.41, 5.74) is 9.30. The third-order valence-corrected chi connectivity index (χ3v) is 3.65. The number of hydrazine groups is 1. The lowest BCUT2D eigenvalue weighted by atomic mass is 10.00. The van der Waals surface area contributed by atoms with Gasteiger partial charge in [-0.3, -0.25) is 0 Å². The molecule has 1 fully saturated rings. The molecule has 1 aliphatic rings. The summed E-state index contributed by atoms with van der Waals surface area (Å²) in [5.74, 6) is -0.622. The first-order valence-electron chi connectivity index (χ1n) is 6.53. The molecule has 2 unspecified atom stereocenters. The van der Waals surface area contributed by atoms with Gasteiger partial charge >= 0.3 is 5.97 Å². The lowest BCUT2D eigenvalue weighted by Crippen LogP contribution is -2.47. The number of carboxylic acids is 1. The van der Waals surface area contributed by atoms with Gasteiger partial charge < -0.3 is 16.3 Å². The summed E-state index contributed by atoms with van der Waals surface area (Å²) in [5, 5.41) is 11.2. The quantitative estimate of drug-likeness (QED) is 0.773. The van der Waals surface area contributed by atoms with E-state index in [1.807, 2.05) is 0 Å². The summed E-state index contributed by atoms with van der Waals surface area (Å²) >= 11 is 0. The number of nitrogens with one attached hydrogen (secondary N) is 1. The van der Waals surface area contributed by atoms with E-state index in [2.05, 4.69) is 29.3 Å². The summed E-state index contributed by atoms with van der Waals surface area (Å²) in [6, 6.07) is 2.16. The molecule has 2 rings (SSSR count). The standard InChI is InChI=1S/C13H20N4O2/c1-8-4-3-5-9(2)17(8)16-12-11(14)10(13(18)19)6-7-15-12/h6-9H,3-5,14H2,1-2H3,(H,15,16)(H,18,19). The largest absolute Gasteiger partial charge is 0.478 e. The minimum absolute atomic E-state index is 0.0785. The lowest BCUT2D eigenvalue weighted by Gasteiger charge is -2.39. The van der Waals surface area contributed by atoms with Crippen molar-refractivity contribution < 1.29 is 9.90 Å². The molecule has 2 heterocycles. The van der Waals surface area contributed by atoms with Crippen LogP contribution in [0, 0.1) is 0 Å². The number of nitrogens with zero attached hydrogens (tertiary/aromatic N) is 2. The molecule has 1 aliphatic heterocycles. The van der Waals surface area contributed by atoms with Crippen LogP contribution >= 0.6 is 0 Å². The Labute approximate surface area is 112 Å². The first-order chi connectivity index (χ1) is 9.00. The van der Waals surface area contributed by atoms with Crippen LogP contribution in [-0.4, -0.2) is 33.2 Å². The van der Waals surface area contributed by atoms with Gasteiger partial charge in [-0.15, -0.1) is 0 Å². The van der Waals surface area contributed by atoms with Crippen molar-refractivity contribution in [1.29, 1.82) is 0 Å². The van der Waals surface area contributed by atoms with Gasteiger partial charge in [0.1, 0.15) is 0 Å².